The minimum atomic E-state index is -0.632. The van der Waals surface area contributed by atoms with Crippen LogP contribution in [0.1, 0.15) is 5.56 Å². The van der Waals surface area contributed by atoms with Gasteiger partial charge in [-0.15, -0.1) is 0 Å². The number of phenolic OH excluding ortho intramolecular Hbond substituents is 1. The molecule has 0 heterocycles. The summed E-state index contributed by atoms with van der Waals surface area (Å²) in [6.45, 7) is -0.280. The summed E-state index contributed by atoms with van der Waals surface area (Å²) in [5.41, 5.74) is 1.30. The average Bonchev–Trinajstić information content (AvgIpc) is 2.78. The molecule has 3 rings (SSSR count). The van der Waals surface area contributed by atoms with Gasteiger partial charge >= 0.3 is 0 Å². The second kappa shape index (κ2) is 11.3. The van der Waals surface area contributed by atoms with Gasteiger partial charge in [0.2, 0.25) is 0 Å². The number of rotatable bonds is 7. The van der Waals surface area contributed by atoms with Crippen LogP contribution in [0.25, 0.3) is 6.08 Å². The highest BCUT2D eigenvalue weighted by molar-refractivity contribution is 9.11. The van der Waals surface area contributed by atoms with Crippen LogP contribution in [-0.2, 0) is 9.59 Å². The minimum absolute atomic E-state index is 0.0566. The first kappa shape index (κ1) is 24.0. The Bertz CT molecular complexity index is 1240. The maximum absolute atomic E-state index is 12.6. The van der Waals surface area contributed by atoms with Crippen molar-refractivity contribution < 1.29 is 19.4 Å². The van der Waals surface area contributed by atoms with E-state index in [0.29, 0.717) is 31.6 Å². The molecule has 3 aromatic rings. The van der Waals surface area contributed by atoms with Crippen LogP contribution in [-0.4, -0.2) is 23.5 Å². The Morgan fingerprint density at radius 2 is 1.67 bits per heavy atom. The zero-order valence-corrected chi connectivity index (χ0v) is 20.2. The van der Waals surface area contributed by atoms with Crippen molar-refractivity contribution in [3.05, 3.63) is 86.8 Å². The first-order valence-electron chi connectivity index (χ1n) is 9.54. The zero-order valence-electron chi connectivity index (χ0n) is 17.0. The zero-order chi connectivity index (χ0) is 23.8. The lowest BCUT2D eigenvalue weighted by Crippen LogP contribution is -2.20. The summed E-state index contributed by atoms with van der Waals surface area (Å²) >= 11 is 6.78. The molecule has 0 bridgehead atoms. The number of ether oxygens (including phenoxy) is 1. The predicted molar refractivity (Wildman–Crippen MR) is 133 cm³/mol. The third-order valence-electron chi connectivity index (χ3n) is 4.23. The van der Waals surface area contributed by atoms with Crippen molar-refractivity contribution in [3.8, 4) is 17.6 Å². The lowest BCUT2D eigenvalue weighted by Gasteiger charge is -2.13. The van der Waals surface area contributed by atoms with Gasteiger partial charge < -0.3 is 20.5 Å². The number of hydrogen-bond donors (Lipinski definition) is 3. The number of nitrogens with one attached hydrogen (secondary N) is 2. The SMILES string of the molecule is N#C/C(=C\c1cc(Br)cc(Br)c1OCC(=O)Nc1ccccc1)C(=O)Nc1ccc(O)cc1. The van der Waals surface area contributed by atoms with Crippen molar-refractivity contribution in [2.75, 3.05) is 17.2 Å². The number of halogens is 2. The fourth-order valence-electron chi connectivity index (χ4n) is 2.74. The largest absolute Gasteiger partial charge is 0.508 e. The van der Waals surface area contributed by atoms with E-state index in [2.05, 4.69) is 42.5 Å². The highest BCUT2D eigenvalue weighted by atomic mass is 79.9. The Hall–Kier alpha value is -3.61. The normalized spacial score (nSPS) is 10.8. The lowest BCUT2D eigenvalue weighted by molar-refractivity contribution is -0.118. The number of aromatic hydroxyl groups is 1. The second-order valence-corrected chi connectivity index (χ2v) is 8.45. The van der Waals surface area contributed by atoms with Crippen molar-refractivity contribution in [2.45, 2.75) is 0 Å². The minimum Gasteiger partial charge on any atom is -0.508 e. The number of benzene rings is 3. The molecule has 0 spiro atoms. The number of anilines is 2. The van der Waals surface area contributed by atoms with Gasteiger partial charge in [0.15, 0.2) is 6.61 Å². The number of carbonyl (C=O) groups excluding carboxylic acids is 2. The molecule has 2 amide bonds. The van der Waals surface area contributed by atoms with Crippen LogP contribution in [0.3, 0.4) is 0 Å². The molecule has 3 aromatic carbocycles. The van der Waals surface area contributed by atoms with E-state index in [4.69, 9.17) is 4.74 Å². The monoisotopic (exact) mass is 569 g/mol. The third-order valence-corrected chi connectivity index (χ3v) is 5.28. The molecule has 0 saturated carbocycles. The van der Waals surface area contributed by atoms with Crippen LogP contribution in [0.15, 0.2) is 81.2 Å². The molecule has 0 atom stereocenters. The highest BCUT2D eigenvalue weighted by Gasteiger charge is 2.15. The Kier molecular flexibility index (Phi) is 8.24. The first-order valence-corrected chi connectivity index (χ1v) is 11.1. The first-order chi connectivity index (χ1) is 15.9. The number of hydrogen-bond acceptors (Lipinski definition) is 5. The van der Waals surface area contributed by atoms with Crippen LogP contribution in [0.5, 0.6) is 11.5 Å². The number of carbonyl (C=O) groups is 2. The van der Waals surface area contributed by atoms with Crippen molar-refractivity contribution in [1.29, 1.82) is 5.26 Å². The van der Waals surface area contributed by atoms with Gasteiger partial charge in [0.25, 0.3) is 11.8 Å². The Morgan fingerprint density at radius 3 is 2.33 bits per heavy atom. The summed E-state index contributed by atoms with van der Waals surface area (Å²) in [6.07, 6.45) is 1.37. The summed E-state index contributed by atoms with van der Waals surface area (Å²) in [7, 11) is 0. The summed E-state index contributed by atoms with van der Waals surface area (Å²) in [5, 5.41) is 24.2. The standard InChI is InChI=1S/C24H17Br2N3O4/c25-17-11-15(10-16(13-27)24(32)29-19-6-8-20(30)9-7-19)23(21(26)12-17)33-14-22(31)28-18-4-2-1-3-5-18/h1-12,30H,14H2,(H,28,31)(H,29,32)/b16-10+. The van der Waals surface area contributed by atoms with E-state index in [9.17, 15) is 20.0 Å². The predicted octanol–water partition coefficient (Wildman–Crippen LogP) is 5.48. The van der Waals surface area contributed by atoms with Gasteiger partial charge in [-0.25, -0.2) is 0 Å². The molecule has 0 fully saturated rings. The van der Waals surface area contributed by atoms with E-state index in [-0.39, 0.29) is 23.8 Å². The quantitative estimate of drug-likeness (QED) is 0.198. The molecule has 0 radical (unpaired) electrons. The van der Waals surface area contributed by atoms with Gasteiger partial charge in [-0.3, -0.25) is 9.59 Å². The fraction of sp³-hybridized carbons (Fsp3) is 0.0417. The molecule has 33 heavy (non-hydrogen) atoms. The van der Waals surface area contributed by atoms with Gasteiger partial charge in [-0.1, -0.05) is 34.1 Å². The maximum Gasteiger partial charge on any atom is 0.266 e. The Labute approximate surface area is 207 Å². The summed E-state index contributed by atoms with van der Waals surface area (Å²) in [6, 6.07) is 20.1. The fourth-order valence-corrected chi connectivity index (χ4v) is 4.12. The van der Waals surface area contributed by atoms with E-state index < -0.39 is 5.91 Å². The molecular weight excluding hydrogens is 554 g/mol. The Morgan fingerprint density at radius 1 is 1.00 bits per heavy atom. The Balaban J connectivity index is 1.80. The van der Waals surface area contributed by atoms with Gasteiger partial charge in [0.1, 0.15) is 23.1 Å². The highest BCUT2D eigenvalue weighted by Crippen LogP contribution is 2.34. The average molecular weight is 571 g/mol. The van der Waals surface area contributed by atoms with Crippen molar-refractivity contribution in [2.24, 2.45) is 0 Å². The second-order valence-electron chi connectivity index (χ2n) is 6.68. The van der Waals surface area contributed by atoms with E-state index >= 15 is 0 Å². The summed E-state index contributed by atoms with van der Waals surface area (Å²) in [4.78, 5) is 24.9. The molecule has 0 aliphatic rings. The van der Waals surface area contributed by atoms with Gasteiger partial charge in [0, 0.05) is 21.4 Å². The van der Waals surface area contributed by atoms with E-state index in [0.717, 1.165) is 0 Å². The number of phenols is 1. The molecule has 3 N–H and O–H groups in total. The topological polar surface area (TPSA) is 111 Å². The van der Waals surface area contributed by atoms with E-state index in [1.165, 1.54) is 30.3 Å². The van der Waals surface area contributed by atoms with Crippen LogP contribution in [0.4, 0.5) is 11.4 Å². The van der Waals surface area contributed by atoms with Crippen molar-refractivity contribution >= 4 is 61.1 Å². The molecule has 9 heteroatoms. The van der Waals surface area contributed by atoms with Crippen LogP contribution >= 0.6 is 31.9 Å². The summed E-state index contributed by atoms with van der Waals surface area (Å²) < 4.78 is 6.93. The molecule has 0 aliphatic carbocycles. The van der Waals surface area contributed by atoms with E-state index in [1.54, 1.807) is 36.4 Å². The van der Waals surface area contributed by atoms with Gasteiger partial charge in [0.05, 0.1) is 4.47 Å². The van der Waals surface area contributed by atoms with Crippen LogP contribution in [0.2, 0.25) is 0 Å². The molecule has 0 saturated heterocycles. The number of nitrogens with zero attached hydrogens (tertiary/aromatic N) is 1. The van der Waals surface area contributed by atoms with E-state index in [1.807, 2.05) is 12.1 Å². The smallest absolute Gasteiger partial charge is 0.266 e. The van der Waals surface area contributed by atoms with Crippen LogP contribution < -0.4 is 15.4 Å². The molecule has 166 valence electrons. The molecule has 0 aromatic heterocycles. The molecule has 0 aliphatic heterocycles. The third kappa shape index (κ3) is 6.94. The summed E-state index contributed by atoms with van der Waals surface area (Å²) in [5.74, 6) is -0.642. The number of nitriles is 1. The lowest BCUT2D eigenvalue weighted by atomic mass is 10.1. The number of para-hydroxylation sites is 1. The maximum atomic E-state index is 12.6. The van der Waals surface area contributed by atoms with Gasteiger partial charge in [-0.2, -0.15) is 5.26 Å². The van der Waals surface area contributed by atoms with Crippen molar-refractivity contribution in [1.82, 2.24) is 0 Å². The number of amides is 2. The molecule has 7 nitrogen and oxygen atoms in total. The van der Waals surface area contributed by atoms with Crippen LogP contribution in [0, 0.1) is 11.3 Å². The molecular formula is C24H17Br2N3O4. The molecule has 0 unspecified atom stereocenters. The van der Waals surface area contributed by atoms with Crippen molar-refractivity contribution in [3.63, 3.8) is 0 Å². The van der Waals surface area contributed by atoms with Gasteiger partial charge in [-0.05, 0) is 70.5 Å².